The Kier molecular flexibility index (Phi) is 3.65. The molecule has 0 saturated heterocycles. The Balaban J connectivity index is 1.85. The number of hydrogen-bond donors (Lipinski definition) is 1. The van der Waals surface area contributed by atoms with Crippen LogP contribution in [0.1, 0.15) is 5.56 Å². The summed E-state index contributed by atoms with van der Waals surface area (Å²) in [6, 6.07) is 14.9. The summed E-state index contributed by atoms with van der Waals surface area (Å²) in [4.78, 5) is 4.33. The molecule has 3 rings (SSSR count). The summed E-state index contributed by atoms with van der Waals surface area (Å²) in [5, 5.41) is 4.45. The minimum atomic E-state index is -0.247. The normalized spacial score (nSPS) is 10.7. The van der Waals surface area contributed by atoms with E-state index in [1.165, 1.54) is 6.07 Å². The standard InChI is InChI=1S/C16H12BrFN2/c17-13-9-11(6-7-14(13)18)10-20-16-5-1-4-15-12(16)3-2-8-19-15/h1-9,20H,10H2. The second-order valence-corrected chi connectivity index (χ2v) is 5.33. The van der Waals surface area contributed by atoms with Crippen LogP contribution in [0, 0.1) is 5.82 Å². The first kappa shape index (κ1) is 13.1. The van der Waals surface area contributed by atoms with Gasteiger partial charge in [0.15, 0.2) is 0 Å². The van der Waals surface area contributed by atoms with Gasteiger partial charge in [-0.1, -0.05) is 12.1 Å². The maximum absolute atomic E-state index is 13.2. The van der Waals surface area contributed by atoms with Gasteiger partial charge in [-0.25, -0.2) is 4.39 Å². The third kappa shape index (κ3) is 2.65. The zero-order chi connectivity index (χ0) is 13.9. The van der Waals surface area contributed by atoms with Crippen LogP contribution >= 0.6 is 15.9 Å². The first-order chi connectivity index (χ1) is 9.74. The molecule has 1 heterocycles. The monoisotopic (exact) mass is 330 g/mol. The number of benzene rings is 2. The van der Waals surface area contributed by atoms with E-state index in [4.69, 9.17) is 0 Å². The van der Waals surface area contributed by atoms with Crippen LogP contribution in [0.3, 0.4) is 0 Å². The number of halogens is 2. The van der Waals surface area contributed by atoms with E-state index in [-0.39, 0.29) is 5.82 Å². The van der Waals surface area contributed by atoms with Gasteiger partial charge in [0.05, 0.1) is 9.99 Å². The van der Waals surface area contributed by atoms with Crippen molar-refractivity contribution in [3.8, 4) is 0 Å². The highest BCUT2D eigenvalue weighted by atomic mass is 79.9. The summed E-state index contributed by atoms with van der Waals surface area (Å²) < 4.78 is 13.7. The Morgan fingerprint density at radius 1 is 1.10 bits per heavy atom. The van der Waals surface area contributed by atoms with E-state index < -0.39 is 0 Å². The van der Waals surface area contributed by atoms with Gasteiger partial charge in [-0.3, -0.25) is 4.98 Å². The van der Waals surface area contributed by atoms with Crippen LogP contribution in [0.4, 0.5) is 10.1 Å². The largest absolute Gasteiger partial charge is 0.380 e. The van der Waals surface area contributed by atoms with Gasteiger partial charge in [0.2, 0.25) is 0 Å². The van der Waals surface area contributed by atoms with Gasteiger partial charge in [0.1, 0.15) is 5.82 Å². The number of rotatable bonds is 3. The number of hydrogen-bond acceptors (Lipinski definition) is 2. The predicted molar refractivity (Wildman–Crippen MR) is 83.2 cm³/mol. The van der Waals surface area contributed by atoms with E-state index in [9.17, 15) is 4.39 Å². The van der Waals surface area contributed by atoms with Crippen molar-refractivity contribution in [2.24, 2.45) is 0 Å². The highest BCUT2D eigenvalue weighted by Crippen LogP contribution is 2.23. The molecule has 0 saturated carbocycles. The number of nitrogens with one attached hydrogen (secondary N) is 1. The summed E-state index contributed by atoms with van der Waals surface area (Å²) in [6.45, 7) is 0.632. The molecule has 0 aliphatic heterocycles. The summed E-state index contributed by atoms with van der Waals surface area (Å²) in [5.74, 6) is -0.247. The average molecular weight is 331 g/mol. The Morgan fingerprint density at radius 2 is 2.00 bits per heavy atom. The summed E-state index contributed by atoms with van der Waals surface area (Å²) in [7, 11) is 0. The lowest BCUT2D eigenvalue weighted by atomic mass is 10.1. The molecule has 0 fully saturated rings. The molecule has 0 radical (unpaired) electrons. The number of nitrogens with zero attached hydrogens (tertiary/aromatic N) is 1. The summed E-state index contributed by atoms with van der Waals surface area (Å²) in [6.07, 6.45) is 1.78. The van der Waals surface area contributed by atoms with Crippen LogP contribution in [0.2, 0.25) is 0 Å². The second kappa shape index (κ2) is 5.59. The van der Waals surface area contributed by atoms with Gasteiger partial charge in [-0.2, -0.15) is 0 Å². The zero-order valence-electron chi connectivity index (χ0n) is 10.6. The van der Waals surface area contributed by atoms with E-state index in [1.807, 2.05) is 30.3 Å². The minimum absolute atomic E-state index is 0.247. The molecule has 20 heavy (non-hydrogen) atoms. The summed E-state index contributed by atoms with van der Waals surface area (Å²) in [5.41, 5.74) is 2.99. The number of aromatic nitrogens is 1. The molecule has 3 aromatic rings. The third-order valence-electron chi connectivity index (χ3n) is 3.11. The van der Waals surface area contributed by atoms with E-state index in [0.29, 0.717) is 11.0 Å². The molecule has 0 atom stereocenters. The lowest BCUT2D eigenvalue weighted by Crippen LogP contribution is -2.00. The van der Waals surface area contributed by atoms with Gasteiger partial charge in [0.25, 0.3) is 0 Å². The average Bonchev–Trinajstić information content (AvgIpc) is 2.48. The van der Waals surface area contributed by atoms with Crippen molar-refractivity contribution in [1.82, 2.24) is 4.98 Å². The van der Waals surface area contributed by atoms with E-state index in [1.54, 1.807) is 18.3 Å². The number of fused-ring (bicyclic) bond motifs is 1. The topological polar surface area (TPSA) is 24.9 Å². The lowest BCUT2D eigenvalue weighted by Gasteiger charge is -2.10. The molecule has 1 aromatic heterocycles. The van der Waals surface area contributed by atoms with Crippen molar-refractivity contribution < 1.29 is 4.39 Å². The molecule has 0 aliphatic rings. The number of anilines is 1. The Hall–Kier alpha value is -1.94. The Labute approximate surface area is 124 Å². The molecule has 4 heteroatoms. The molecule has 2 nitrogen and oxygen atoms in total. The van der Waals surface area contributed by atoms with Gasteiger partial charge >= 0.3 is 0 Å². The van der Waals surface area contributed by atoms with Crippen molar-refractivity contribution >= 4 is 32.5 Å². The fourth-order valence-electron chi connectivity index (χ4n) is 2.10. The summed E-state index contributed by atoms with van der Waals surface area (Å²) >= 11 is 3.20. The van der Waals surface area contributed by atoms with Gasteiger partial charge in [-0.05, 0) is 57.9 Å². The first-order valence-corrected chi connectivity index (χ1v) is 7.05. The fraction of sp³-hybridized carbons (Fsp3) is 0.0625. The molecule has 0 amide bonds. The molecular formula is C16H12BrFN2. The van der Waals surface area contributed by atoms with Crippen molar-refractivity contribution in [3.05, 3.63) is 70.6 Å². The molecule has 1 N–H and O–H groups in total. The smallest absolute Gasteiger partial charge is 0.137 e. The lowest BCUT2D eigenvalue weighted by molar-refractivity contribution is 0.620. The molecule has 0 unspecified atom stereocenters. The van der Waals surface area contributed by atoms with Gasteiger partial charge in [0, 0.05) is 23.8 Å². The van der Waals surface area contributed by atoms with E-state index in [2.05, 4.69) is 26.2 Å². The van der Waals surface area contributed by atoms with Crippen LogP contribution < -0.4 is 5.32 Å². The maximum Gasteiger partial charge on any atom is 0.137 e. The van der Waals surface area contributed by atoms with Crippen molar-refractivity contribution in [2.75, 3.05) is 5.32 Å². The van der Waals surface area contributed by atoms with Gasteiger partial charge in [-0.15, -0.1) is 0 Å². The van der Waals surface area contributed by atoms with Crippen LogP contribution in [0.25, 0.3) is 10.9 Å². The van der Waals surface area contributed by atoms with Crippen LogP contribution in [0.5, 0.6) is 0 Å². The molecule has 2 aromatic carbocycles. The Bertz CT molecular complexity index is 753. The fourth-order valence-corrected chi connectivity index (χ4v) is 2.53. The Morgan fingerprint density at radius 3 is 2.85 bits per heavy atom. The molecular weight excluding hydrogens is 319 g/mol. The minimum Gasteiger partial charge on any atom is -0.380 e. The third-order valence-corrected chi connectivity index (χ3v) is 3.72. The van der Waals surface area contributed by atoms with Gasteiger partial charge < -0.3 is 5.32 Å². The van der Waals surface area contributed by atoms with E-state index >= 15 is 0 Å². The van der Waals surface area contributed by atoms with Crippen LogP contribution in [-0.2, 0) is 6.54 Å². The highest BCUT2D eigenvalue weighted by Gasteiger charge is 2.03. The SMILES string of the molecule is Fc1ccc(CNc2cccc3ncccc23)cc1Br. The maximum atomic E-state index is 13.2. The zero-order valence-corrected chi connectivity index (χ0v) is 12.2. The van der Waals surface area contributed by atoms with Crippen LogP contribution in [-0.4, -0.2) is 4.98 Å². The molecule has 0 aliphatic carbocycles. The van der Waals surface area contributed by atoms with Crippen molar-refractivity contribution in [1.29, 1.82) is 0 Å². The quantitative estimate of drug-likeness (QED) is 0.749. The number of pyridine rings is 1. The van der Waals surface area contributed by atoms with Crippen molar-refractivity contribution in [2.45, 2.75) is 6.54 Å². The van der Waals surface area contributed by atoms with Crippen molar-refractivity contribution in [3.63, 3.8) is 0 Å². The van der Waals surface area contributed by atoms with E-state index in [0.717, 1.165) is 22.2 Å². The predicted octanol–water partition coefficient (Wildman–Crippen LogP) is 4.75. The molecule has 100 valence electrons. The first-order valence-electron chi connectivity index (χ1n) is 6.25. The molecule has 0 spiro atoms. The highest BCUT2D eigenvalue weighted by molar-refractivity contribution is 9.10. The molecule has 0 bridgehead atoms. The van der Waals surface area contributed by atoms with Crippen LogP contribution in [0.15, 0.2) is 59.2 Å². The second-order valence-electron chi connectivity index (χ2n) is 4.48.